The highest BCUT2D eigenvalue weighted by Gasteiger charge is 2.49. The summed E-state index contributed by atoms with van der Waals surface area (Å²) in [5.74, 6) is -0.647. The second kappa shape index (κ2) is 6.77. The summed E-state index contributed by atoms with van der Waals surface area (Å²) in [5.41, 5.74) is -3.70. The predicted molar refractivity (Wildman–Crippen MR) is 106 cm³/mol. The minimum absolute atomic E-state index is 0.0131. The predicted octanol–water partition coefficient (Wildman–Crippen LogP) is 1.47. The molecule has 1 aliphatic heterocycles. The molecule has 1 N–H and O–H groups in total. The molecule has 0 unspecified atom stereocenters. The van der Waals surface area contributed by atoms with Crippen LogP contribution in [0, 0.1) is 0 Å². The molecule has 0 bridgehead atoms. The summed E-state index contributed by atoms with van der Waals surface area (Å²) in [5, 5.41) is 0.0131. The van der Waals surface area contributed by atoms with E-state index in [4.69, 9.17) is 0 Å². The molecule has 3 heterocycles. The van der Waals surface area contributed by atoms with Crippen molar-refractivity contribution in [1.82, 2.24) is 13.8 Å². The normalized spacial score (nSPS) is 14.2. The second-order valence-corrected chi connectivity index (χ2v) is 8.28. The van der Waals surface area contributed by atoms with Crippen molar-refractivity contribution in [3.05, 3.63) is 62.9 Å². The summed E-state index contributed by atoms with van der Waals surface area (Å²) in [4.78, 5) is 25.5. The number of benzene rings is 1. The maximum atomic E-state index is 13.0. The number of fused-ring (bicyclic) bond motifs is 3. The zero-order valence-corrected chi connectivity index (χ0v) is 16.9. The summed E-state index contributed by atoms with van der Waals surface area (Å²) in [6.45, 7) is -0.0925. The summed E-state index contributed by atoms with van der Waals surface area (Å²) in [6.07, 6.45) is 1.09. The molecule has 1 aromatic carbocycles. The summed E-state index contributed by atoms with van der Waals surface area (Å²) in [7, 11) is -3.39. The Balaban J connectivity index is 2.14. The molecular weight excluding hydrogens is 441 g/mol. The van der Waals surface area contributed by atoms with E-state index in [1.165, 1.54) is 18.8 Å². The molecule has 9 nitrogen and oxygen atoms in total. The van der Waals surface area contributed by atoms with Gasteiger partial charge in [0, 0.05) is 19.7 Å². The van der Waals surface area contributed by atoms with Gasteiger partial charge >= 0.3 is 21.3 Å². The number of alkyl halides is 3. The molecule has 13 heteroatoms. The van der Waals surface area contributed by atoms with Crippen molar-refractivity contribution in [2.75, 3.05) is 12.0 Å². The molecule has 0 saturated carbocycles. The van der Waals surface area contributed by atoms with Gasteiger partial charge in [-0.05, 0) is 6.08 Å². The van der Waals surface area contributed by atoms with Gasteiger partial charge in [-0.25, -0.2) is 4.79 Å². The van der Waals surface area contributed by atoms with Crippen LogP contribution in [-0.2, 0) is 28.4 Å². The number of hydrogen-bond acceptors (Lipinski definition) is 6. The first-order valence-corrected chi connectivity index (χ1v) is 10.2. The minimum Gasteiger partial charge on any atom is -0.374 e. The fourth-order valence-corrected chi connectivity index (χ4v) is 3.96. The molecular formula is C18H15F3N4O5S. The van der Waals surface area contributed by atoms with Crippen LogP contribution in [0.4, 0.5) is 13.2 Å². The molecule has 1 aliphatic rings. The Kier molecular flexibility index (Phi) is 4.54. The van der Waals surface area contributed by atoms with Gasteiger partial charge in [-0.15, -0.1) is 0 Å². The van der Waals surface area contributed by atoms with E-state index >= 15 is 0 Å². The standard InChI is InChI=1S/C18H15F3N4O5S/c1-23-15-12(16(26)24(2)17(23)27)13(10-6-4-3-5-7-10)25-14(15)11(8-9-22-25)30-31(28,29)18(19,20)21/h3-8,22H,9H2,1-2H3. The van der Waals surface area contributed by atoms with E-state index in [1.807, 2.05) is 0 Å². The monoisotopic (exact) mass is 456 g/mol. The average molecular weight is 456 g/mol. The molecule has 31 heavy (non-hydrogen) atoms. The summed E-state index contributed by atoms with van der Waals surface area (Å²) >= 11 is 0. The van der Waals surface area contributed by atoms with Crippen molar-refractivity contribution in [2.45, 2.75) is 5.51 Å². The molecule has 4 rings (SSSR count). The largest absolute Gasteiger partial charge is 0.534 e. The first kappa shape index (κ1) is 20.8. The second-order valence-electron chi connectivity index (χ2n) is 6.74. The Hall–Kier alpha value is -3.48. The van der Waals surface area contributed by atoms with Gasteiger partial charge in [0.2, 0.25) is 0 Å². The van der Waals surface area contributed by atoms with Gasteiger partial charge < -0.3 is 9.61 Å². The van der Waals surface area contributed by atoms with E-state index in [0.717, 1.165) is 15.2 Å². The van der Waals surface area contributed by atoms with Crippen molar-refractivity contribution in [2.24, 2.45) is 14.1 Å². The van der Waals surface area contributed by atoms with Crippen LogP contribution in [0.25, 0.3) is 27.9 Å². The van der Waals surface area contributed by atoms with E-state index < -0.39 is 32.6 Å². The van der Waals surface area contributed by atoms with Crippen LogP contribution in [-0.4, -0.2) is 34.3 Å². The van der Waals surface area contributed by atoms with Gasteiger partial charge in [0.25, 0.3) is 5.56 Å². The van der Waals surface area contributed by atoms with E-state index in [9.17, 15) is 31.2 Å². The fourth-order valence-electron chi connectivity index (χ4n) is 3.48. The minimum atomic E-state index is -5.99. The highest BCUT2D eigenvalue weighted by atomic mass is 32.2. The molecule has 0 amide bonds. The smallest absolute Gasteiger partial charge is 0.374 e. The van der Waals surface area contributed by atoms with Gasteiger partial charge in [-0.1, -0.05) is 30.3 Å². The van der Waals surface area contributed by atoms with Crippen molar-refractivity contribution in [1.29, 1.82) is 0 Å². The lowest BCUT2D eigenvalue weighted by Crippen LogP contribution is -2.37. The first-order chi connectivity index (χ1) is 14.5. The third-order valence-corrected chi connectivity index (χ3v) is 5.84. The lowest BCUT2D eigenvalue weighted by molar-refractivity contribution is -0.0509. The molecule has 2 aromatic heterocycles. The zero-order valence-electron chi connectivity index (χ0n) is 16.1. The molecule has 0 atom stereocenters. The van der Waals surface area contributed by atoms with Gasteiger partial charge in [-0.2, -0.15) is 21.6 Å². The molecule has 0 aliphatic carbocycles. The Bertz CT molecular complexity index is 1460. The third-order valence-electron chi connectivity index (χ3n) is 4.87. The van der Waals surface area contributed by atoms with E-state index in [-0.39, 0.29) is 28.8 Å². The van der Waals surface area contributed by atoms with Gasteiger partial charge in [0.1, 0.15) is 5.69 Å². The van der Waals surface area contributed by atoms with Crippen molar-refractivity contribution >= 4 is 26.8 Å². The zero-order chi connectivity index (χ0) is 22.7. The number of nitrogens with one attached hydrogen (secondary N) is 1. The maximum absolute atomic E-state index is 13.0. The van der Waals surface area contributed by atoms with E-state index in [0.29, 0.717) is 5.56 Å². The topological polar surface area (TPSA) is 104 Å². The van der Waals surface area contributed by atoms with Crippen LogP contribution < -0.4 is 16.7 Å². The van der Waals surface area contributed by atoms with Crippen LogP contribution >= 0.6 is 0 Å². The molecule has 3 aromatic rings. The van der Waals surface area contributed by atoms with Gasteiger partial charge in [-0.3, -0.25) is 18.6 Å². The van der Waals surface area contributed by atoms with Crippen molar-refractivity contribution in [3.63, 3.8) is 0 Å². The Morgan fingerprint density at radius 2 is 1.68 bits per heavy atom. The lowest BCUT2D eigenvalue weighted by atomic mass is 10.1. The lowest BCUT2D eigenvalue weighted by Gasteiger charge is -2.21. The number of halogens is 3. The number of aryl methyl sites for hydroxylation is 1. The van der Waals surface area contributed by atoms with Crippen LogP contribution in [0.15, 0.2) is 46.0 Å². The summed E-state index contributed by atoms with van der Waals surface area (Å²) in [6, 6.07) is 8.45. The summed E-state index contributed by atoms with van der Waals surface area (Å²) < 4.78 is 69.7. The fraction of sp³-hybridized carbons (Fsp3) is 0.222. The van der Waals surface area contributed by atoms with E-state index in [1.54, 1.807) is 30.3 Å². The first-order valence-electron chi connectivity index (χ1n) is 8.80. The van der Waals surface area contributed by atoms with Gasteiger partial charge in [0.15, 0.2) is 5.76 Å². The Labute approximate surface area is 172 Å². The van der Waals surface area contributed by atoms with Crippen LogP contribution in [0.5, 0.6) is 0 Å². The Morgan fingerprint density at radius 1 is 1.03 bits per heavy atom. The quantitative estimate of drug-likeness (QED) is 0.473. The van der Waals surface area contributed by atoms with E-state index in [2.05, 4.69) is 9.61 Å². The number of hydrogen-bond donors (Lipinski definition) is 1. The highest BCUT2D eigenvalue weighted by molar-refractivity contribution is 7.87. The maximum Gasteiger partial charge on any atom is 0.534 e. The number of rotatable bonds is 3. The Morgan fingerprint density at radius 3 is 2.29 bits per heavy atom. The van der Waals surface area contributed by atoms with Crippen LogP contribution in [0.3, 0.4) is 0 Å². The molecule has 164 valence electrons. The SMILES string of the molecule is Cn1c(=O)c2c(-c3ccccc3)n3c(c2n(C)c1=O)C(OS(=O)(=O)C(F)(F)F)=CCN3. The third kappa shape index (κ3) is 3.03. The highest BCUT2D eigenvalue weighted by Crippen LogP contribution is 2.38. The van der Waals surface area contributed by atoms with Crippen molar-refractivity contribution < 1.29 is 25.8 Å². The van der Waals surface area contributed by atoms with Crippen molar-refractivity contribution in [3.8, 4) is 11.3 Å². The molecule has 0 radical (unpaired) electrons. The number of aromatic nitrogens is 3. The average Bonchev–Trinajstić information content (AvgIpc) is 3.06. The molecule has 0 fully saturated rings. The van der Waals surface area contributed by atoms with Crippen LogP contribution in [0.1, 0.15) is 5.69 Å². The number of nitrogens with zero attached hydrogens (tertiary/aromatic N) is 3. The van der Waals surface area contributed by atoms with Crippen LogP contribution in [0.2, 0.25) is 0 Å². The van der Waals surface area contributed by atoms with Gasteiger partial charge in [0.05, 0.1) is 23.1 Å². The molecule has 0 saturated heterocycles. The molecule has 0 spiro atoms.